The van der Waals surface area contributed by atoms with Crippen LogP contribution < -0.4 is 5.73 Å². The van der Waals surface area contributed by atoms with E-state index < -0.39 is 0 Å². The molecule has 0 saturated carbocycles. The molecule has 4 nitrogen and oxygen atoms in total. The number of aryl methyl sites for hydroxylation is 2. The minimum atomic E-state index is 0.505. The average Bonchev–Trinajstić information content (AvgIpc) is 2.14. The Bertz CT molecular complexity index is 294. The van der Waals surface area contributed by atoms with Crippen LogP contribution in [0.5, 0.6) is 0 Å². The van der Waals surface area contributed by atoms with Gasteiger partial charge in [0.05, 0.1) is 10.2 Å². The molecule has 1 rings (SSSR count). The molecule has 1 heterocycles. The van der Waals surface area contributed by atoms with Crippen LogP contribution in [0, 0.1) is 6.92 Å². The van der Waals surface area contributed by atoms with Crippen LogP contribution in [-0.4, -0.2) is 23.7 Å². The maximum atomic E-state index is 5.70. The largest absolute Gasteiger partial charge is 0.385 e. The molecule has 0 atom stereocenters. The van der Waals surface area contributed by atoms with E-state index in [0.29, 0.717) is 5.82 Å². The maximum absolute atomic E-state index is 5.70. The van der Waals surface area contributed by atoms with Gasteiger partial charge in [-0.15, -0.1) is 0 Å². The second kappa shape index (κ2) is 5.26. The van der Waals surface area contributed by atoms with Gasteiger partial charge in [0.2, 0.25) is 0 Å². The first-order valence-electron chi connectivity index (χ1n) is 4.42. The molecule has 0 aromatic carbocycles. The van der Waals surface area contributed by atoms with E-state index in [-0.39, 0.29) is 0 Å². The molecule has 0 bridgehead atoms. The van der Waals surface area contributed by atoms with Crippen molar-refractivity contribution in [2.75, 3.05) is 19.5 Å². The predicted octanol–water partition coefficient (Wildman–Crippen LogP) is 1.71. The Morgan fingerprint density at radius 3 is 2.71 bits per heavy atom. The van der Waals surface area contributed by atoms with Gasteiger partial charge in [-0.2, -0.15) is 0 Å². The third kappa shape index (κ3) is 2.92. The van der Waals surface area contributed by atoms with Crippen LogP contribution in [0.4, 0.5) is 5.82 Å². The summed E-state index contributed by atoms with van der Waals surface area (Å²) < 4.78 is 5.74. The number of nitrogens with zero attached hydrogens (tertiary/aromatic N) is 2. The Morgan fingerprint density at radius 2 is 2.14 bits per heavy atom. The third-order valence-corrected chi connectivity index (χ3v) is 2.82. The fourth-order valence-electron chi connectivity index (χ4n) is 1.13. The van der Waals surface area contributed by atoms with Crippen molar-refractivity contribution in [2.45, 2.75) is 19.8 Å². The number of nitrogens with two attached hydrogens (primary N) is 1. The van der Waals surface area contributed by atoms with Crippen LogP contribution >= 0.6 is 15.9 Å². The topological polar surface area (TPSA) is 61.0 Å². The van der Waals surface area contributed by atoms with E-state index >= 15 is 0 Å². The lowest BCUT2D eigenvalue weighted by molar-refractivity contribution is 0.194. The fraction of sp³-hybridized carbons (Fsp3) is 0.556. The van der Waals surface area contributed by atoms with Crippen LogP contribution in [0.2, 0.25) is 0 Å². The Morgan fingerprint density at radius 1 is 1.43 bits per heavy atom. The number of anilines is 1. The number of methoxy groups -OCH3 is 1. The number of hydrogen-bond acceptors (Lipinski definition) is 4. The first-order chi connectivity index (χ1) is 6.65. The lowest BCUT2D eigenvalue weighted by Crippen LogP contribution is -2.04. The SMILES string of the molecule is COCCCc1nc(C)c(Br)c(N)n1. The van der Waals surface area contributed by atoms with Gasteiger partial charge in [0.15, 0.2) is 0 Å². The molecule has 78 valence electrons. The predicted molar refractivity (Wildman–Crippen MR) is 59.1 cm³/mol. The molecule has 0 radical (unpaired) electrons. The molecule has 0 aliphatic rings. The lowest BCUT2D eigenvalue weighted by Gasteiger charge is -2.05. The van der Waals surface area contributed by atoms with E-state index in [9.17, 15) is 0 Å². The zero-order chi connectivity index (χ0) is 10.6. The third-order valence-electron chi connectivity index (χ3n) is 1.84. The molecule has 0 unspecified atom stereocenters. The Labute approximate surface area is 92.0 Å². The van der Waals surface area contributed by atoms with Crippen molar-refractivity contribution in [2.24, 2.45) is 0 Å². The number of ether oxygens (including phenoxy) is 1. The molecule has 5 heteroatoms. The maximum Gasteiger partial charge on any atom is 0.141 e. The molecule has 0 saturated heterocycles. The van der Waals surface area contributed by atoms with Gasteiger partial charge in [-0.25, -0.2) is 9.97 Å². The molecule has 1 aromatic heterocycles. The van der Waals surface area contributed by atoms with Gasteiger partial charge in [-0.05, 0) is 29.3 Å². The summed E-state index contributed by atoms with van der Waals surface area (Å²) in [6, 6.07) is 0. The summed E-state index contributed by atoms with van der Waals surface area (Å²) in [5.41, 5.74) is 6.58. The van der Waals surface area contributed by atoms with Crippen molar-refractivity contribution in [3.05, 3.63) is 16.0 Å². The van der Waals surface area contributed by atoms with Crippen molar-refractivity contribution in [3.8, 4) is 0 Å². The summed E-state index contributed by atoms with van der Waals surface area (Å²) in [5, 5.41) is 0. The van der Waals surface area contributed by atoms with Gasteiger partial charge in [0.25, 0.3) is 0 Å². The summed E-state index contributed by atoms with van der Waals surface area (Å²) in [6.45, 7) is 2.63. The van der Waals surface area contributed by atoms with E-state index in [1.54, 1.807) is 7.11 Å². The number of hydrogen-bond donors (Lipinski definition) is 1. The van der Waals surface area contributed by atoms with E-state index in [1.807, 2.05) is 6.92 Å². The smallest absolute Gasteiger partial charge is 0.141 e. The van der Waals surface area contributed by atoms with Gasteiger partial charge in [0, 0.05) is 20.1 Å². The second-order valence-electron chi connectivity index (χ2n) is 3.02. The van der Waals surface area contributed by atoms with Crippen molar-refractivity contribution < 1.29 is 4.74 Å². The van der Waals surface area contributed by atoms with Gasteiger partial charge in [-0.1, -0.05) is 0 Å². The highest BCUT2D eigenvalue weighted by molar-refractivity contribution is 9.10. The first kappa shape index (κ1) is 11.4. The molecule has 2 N–H and O–H groups in total. The average molecular weight is 260 g/mol. The van der Waals surface area contributed by atoms with Crippen LogP contribution in [0.1, 0.15) is 17.9 Å². The summed E-state index contributed by atoms with van der Waals surface area (Å²) in [4.78, 5) is 8.48. The zero-order valence-electron chi connectivity index (χ0n) is 8.38. The first-order valence-corrected chi connectivity index (χ1v) is 5.22. The lowest BCUT2D eigenvalue weighted by atomic mass is 10.3. The molecule has 1 aromatic rings. The summed E-state index contributed by atoms with van der Waals surface area (Å²) >= 11 is 3.32. The molecule has 14 heavy (non-hydrogen) atoms. The van der Waals surface area contributed by atoms with E-state index in [0.717, 1.165) is 35.4 Å². The van der Waals surface area contributed by atoms with E-state index in [4.69, 9.17) is 10.5 Å². The highest BCUT2D eigenvalue weighted by atomic mass is 79.9. The van der Waals surface area contributed by atoms with Crippen LogP contribution in [0.25, 0.3) is 0 Å². The van der Waals surface area contributed by atoms with Crippen LogP contribution in [0.3, 0.4) is 0 Å². The standard InChI is InChI=1S/C9H14BrN3O/c1-6-8(10)9(11)13-7(12-6)4-3-5-14-2/h3-5H2,1-2H3,(H2,11,12,13). The Kier molecular flexibility index (Phi) is 4.28. The van der Waals surface area contributed by atoms with Gasteiger partial charge in [0.1, 0.15) is 11.6 Å². The van der Waals surface area contributed by atoms with Crippen molar-refractivity contribution in [3.63, 3.8) is 0 Å². The normalized spacial score (nSPS) is 10.5. The highest BCUT2D eigenvalue weighted by Gasteiger charge is 2.05. The van der Waals surface area contributed by atoms with Crippen molar-refractivity contribution in [1.29, 1.82) is 0 Å². The van der Waals surface area contributed by atoms with Crippen molar-refractivity contribution >= 4 is 21.7 Å². The Balaban J connectivity index is 2.69. The molecule has 0 fully saturated rings. The molecular weight excluding hydrogens is 246 g/mol. The molecule has 0 aliphatic carbocycles. The number of aromatic nitrogens is 2. The number of halogens is 1. The summed E-state index contributed by atoms with van der Waals surface area (Å²) in [7, 11) is 1.68. The highest BCUT2D eigenvalue weighted by Crippen LogP contribution is 2.20. The second-order valence-corrected chi connectivity index (χ2v) is 3.81. The van der Waals surface area contributed by atoms with Gasteiger partial charge < -0.3 is 10.5 Å². The number of rotatable bonds is 4. The molecule has 0 aliphatic heterocycles. The quantitative estimate of drug-likeness (QED) is 0.837. The summed E-state index contributed by atoms with van der Waals surface area (Å²) in [6.07, 6.45) is 1.71. The minimum Gasteiger partial charge on any atom is -0.385 e. The molecule has 0 amide bonds. The summed E-state index contributed by atoms with van der Waals surface area (Å²) in [5.74, 6) is 1.28. The van der Waals surface area contributed by atoms with E-state index in [1.165, 1.54) is 0 Å². The fourth-order valence-corrected chi connectivity index (χ4v) is 1.30. The van der Waals surface area contributed by atoms with Crippen molar-refractivity contribution in [1.82, 2.24) is 9.97 Å². The van der Waals surface area contributed by atoms with E-state index in [2.05, 4.69) is 25.9 Å². The van der Waals surface area contributed by atoms with Gasteiger partial charge in [-0.3, -0.25) is 0 Å². The van der Waals surface area contributed by atoms with Crippen LogP contribution in [-0.2, 0) is 11.2 Å². The Hall–Kier alpha value is -0.680. The minimum absolute atomic E-state index is 0.505. The van der Waals surface area contributed by atoms with Crippen LogP contribution in [0.15, 0.2) is 4.47 Å². The molecule has 0 spiro atoms. The van der Waals surface area contributed by atoms with Gasteiger partial charge >= 0.3 is 0 Å². The number of nitrogen functional groups attached to an aromatic ring is 1. The monoisotopic (exact) mass is 259 g/mol. The zero-order valence-corrected chi connectivity index (χ0v) is 9.97. The molecular formula is C9H14BrN3O.